The van der Waals surface area contributed by atoms with Crippen LogP contribution in [0, 0.1) is 0 Å². The summed E-state index contributed by atoms with van der Waals surface area (Å²) in [5, 5.41) is 2.45. The highest BCUT2D eigenvalue weighted by atomic mass is 15.1. The van der Waals surface area contributed by atoms with Crippen LogP contribution in [0.25, 0.3) is 66.4 Å². The van der Waals surface area contributed by atoms with Gasteiger partial charge in [0.25, 0.3) is 0 Å². The lowest BCUT2D eigenvalue weighted by atomic mass is 9.67. The van der Waals surface area contributed by atoms with E-state index < -0.39 is 5.41 Å². The van der Waals surface area contributed by atoms with Gasteiger partial charge in [0.15, 0.2) is 0 Å². The number of para-hydroxylation sites is 1. The molecule has 334 valence electrons. The Balaban J connectivity index is 1.09. The largest absolute Gasteiger partial charge is 0.309 e. The van der Waals surface area contributed by atoms with Gasteiger partial charge in [0, 0.05) is 16.8 Å². The lowest BCUT2D eigenvalue weighted by Crippen LogP contribution is -2.28. The van der Waals surface area contributed by atoms with E-state index in [1.54, 1.807) is 0 Å². The van der Waals surface area contributed by atoms with Crippen molar-refractivity contribution in [2.75, 3.05) is 4.90 Å². The van der Waals surface area contributed by atoms with Crippen LogP contribution in [-0.4, -0.2) is 0 Å². The Morgan fingerprint density at radius 2 is 0.814 bits per heavy atom. The van der Waals surface area contributed by atoms with Gasteiger partial charge in [-0.15, -0.1) is 0 Å². The van der Waals surface area contributed by atoms with E-state index in [0.717, 1.165) is 22.6 Å². The van der Waals surface area contributed by atoms with Gasteiger partial charge in [-0.25, -0.2) is 0 Å². The topological polar surface area (TPSA) is 3.24 Å². The maximum absolute atomic E-state index is 2.52. The fourth-order valence-electron chi connectivity index (χ4n) is 11.3. The Hall–Kier alpha value is -8.52. The van der Waals surface area contributed by atoms with Gasteiger partial charge in [-0.05, 0) is 113 Å². The predicted octanol–water partition coefficient (Wildman–Crippen LogP) is 18.6. The van der Waals surface area contributed by atoms with Gasteiger partial charge < -0.3 is 4.90 Å². The van der Waals surface area contributed by atoms with Gasteiger partial charge in [0.05, 0.1) is 16.8 Å². The molecular formula is C69H53N. The molecule has 11 aromatic rings. The van der Waals surface area contributed by atoms with Crippen molar-refractivity contribution < 1.29 is 0 Å². The van der Waals surface area contributed by atoms with Gasteiger partial charge >= 0.3 is 0 Å². The third-order valence-electron chi connectivity index (χ3n) is 14.5. The number of anilines is 3. The summed E-state index contributed by atoms with van der Waals surface area (Å²) in [5.41, 5.74) is 21.3. The quantitative estimate of drug-likeness (QED) is 0.140. The number of benzene rings is 11. The number of fused-ring (bicyclic) bond motifs is 4. The van der Waals surface area contributed by atoms with Crippen molar-refractivity contribution in [3.63, 3.8) is 0 Å². The molecule has 0 radical (unpaired) electrons. The lowest BCUT2D eigenvalue weighted by Gasteiger charge is -2.34. The summed E-state index contributed by atoms with van der Waals surface area (Å²) in [6, 6.07) is 98.7. The molecule has 1 nitrogen and oxygen atoms in total. The van der Waals surface area contributed by atoms with Crippen LogP contribution in [0.2, 0.25) is 0 Å². The zero-order valence-corrected chi connectivity index (χ0v) is 39.9. The molecule has 1 aliphatic carbocycles. The van der Waals surface area contributed by atoms with E-state index in [9.17, 15) is 0 Å². The molecule has 0 N–H and O–H groups in total. The van der Waals surface area contributed by atoms with E-state index in [1.165, 1.54) is 88.7 Å². The molecule has 0 saturated heterocycles. The highest BCUT2D eigenvalue weighted by Gasteiger charge is 2.46. The zero-order valence-electron chi connectivity index (χ0n) is 39.9. The standard InChI is InChI=1S/C69H53N/c1-68(2,3)54-43-46-56(48-23-8-4-9-24-48)65(47-54)70(64-40-19-17-33-59(64)60-37-21-28-51-27-20-35-57(66(51)60)49-25-10-5-11-26-49)55-44-41-50(42-45-55)58-36-22-39-63-67(58)61-34-16-18-38-62(61)69(63,52-29-12-6-13-30-52)53-31-14-7-15-32-53/h4-47H,1-3H3. The summed E-state index contributed by atoms with van der Waals surface area (Å²) in [6.45, 7) is 6.93. The fourth-order valence-corrected chi connectivity index (χ4v) is 11.3. The van der Waals surface area contributed by atoms with Crippen molar-refractivity contribution in [2.24, 2.45) is 0 Å². The molecule has 0 aliphatic heterocycles. The van der Waals surface area contributed by atoms with E-state index in [4.69, 9.17) is 0 Å². The molecule has 70 heavy (non-hydrogen) atoms. The molecule has 11 aromatic carbocycles. The van der Waals surface area contributed by atoms with Gasteiger partial charge in [0.2, 0.25) is 0 Å². The van der Waals surface area contributed by atoms with Crippen LogP contribution in [0.15, 0.2) is 267 Å². The van der Waals surface area contributed by atoms with Crippen LogP contribution in [-0.2, 0) is 10.8 Å². The van der Waals surface area contributed by atoms with E-state index in [1.807, 2.05) is 0 Å². The SMILES string of the molecule is CC(C)(C)c1ccc(-c2ccccc2)c(N(c2ccc(-c3cccc4c3-c3ccccc3C4(c3ccccc3)c3ccccc3)cc2)c2ccccc2-c2cccc3cccc(-c4ccccc4)c23)c1. The van der Waals surface area contributed by atoms with Crippen molar-refractivity contribution >= 4 is 27.8 Å². The van der Waals surface area contributed by atoms with E-state index >= 15 is 0 Å². The smallest absolute Gasteiger partial charge is 0.0713 e. The van der Waals surface area contributed by atoms with Crippen LogP contribution in [0.1, 0.15) is 48.6 Å². The number of hydrogen-bond acceptors (Lipinski definition) is 1. The Labute approximate surface area is 412 Å². The summed E-state index contributed by atoms with van der Waals surface area (Å²) in [4.78, 5) is 2.52. The first-order valence-electron chi connectivity index (χ1n) is 24.5. The molecule has 12 rings (SSSR count). The summed E-state index contributed by atoms with van der Waals surface area (Å²) < 4.78 is 0. The molecule has 0 unspecified atom stereocenters. The normalized spacial score (nSPS) is 12.6. The molecule has 0 fully saturated rings. The summed E-state index contributed by atoms with van der Waals surface area (Å²) >= 11 is 0. The second kappa shape index (κ2) is 17.5. The van der Waals surface area contributed by atoms with Gasteiger partial charge in [-0.2, -0.15) is 0 Å². The molecule has 0 bridgehead atoms. The van der Waals surface area contributed by atoms with Crippen LogP contribution >= 0.6 is 0 Å². The molecule has 1 aliphatic rings. The second-order valence-electron chi connectivity index (χ2n) is 19.6. The minimum absolute atomic E-state index is 0.0854. The Kier molecular flexibility index (Phi) is 10.7. The number of hydrogen-bond donors (Lipinski definition) is 0. The zero-order chi connectivity index (χ0) is 47.2. The minimum Gasteiger partial charge on any atom is -0.309 e. The van der Waals surface area contributed by atoms with Crippen molar-refractivity contribution in [2.45, 2.75) is 31.6 Å². The first kappa shape index (κ1) is 42.8. The highest BCUT2D eigenvalue weighted by Crippen LogP contribution is 2.58. The van der Waals surface area contributed by atoms with Crippen LogP contribution in [0.3, 0.4) is 0 Å². The summed E-state index contributed by atoms with van der Waals surface area (Å²) in [7, 11) is 0. The minimum atomic E-state index is -0.473. The number of rotatable bonds is 9. The average Bonchev–Trinajstić information content (AvgIpc) is 3.73. The van der Waals surface area contributed by atoms with E-state index in [-0.39, 0.29) is 5.41 Å². The lowest BCUT2D eigenvalue weighted by molar-refractivity contribution is 0.590. The van der Waals surface area contributed by atoms with Gasteiger partial charge in [-0.1, -0.05) is 263 Å². The maximum Gasteiger partial charge on any atom is 0.0713 e. The van der Waals surface area contributed by atoms with Crippen molar-refractivity contribution in [1.29, 1.82) is 0 Å². The Morgan fingerprint density at radius 1 is 0.329 bits per heavy atom. The highest BCUT2D eigenvalue weighted by molar-refractivity contribution is 6.09. The third kappa shape index (κ3) is 7.17. The van der Waals surface area contributed by atoms with Crippen molar-refractivity contribution in [3.05, 3.63) is 295 Å². The average molecular weight is 896 g/mol. The summed E-state index contributed by atoms with van der Waals surface area (Å²) in [5.74, 6) is 0. The van der Waals surface area contributed by atoms with Gasteiger partial charge in [-0.3, -0.25) is 0 Å². The van der Waals surface area contributed by atoms with E-state index in [2.05, 4.69) is 293 Å². The maximum atomic E-state index is 2.52. The molecule has 0 saturated carbocycles. The molecule has 0 spiro atoms. The predicted molar refractivity (Wildman–Crippen MR) is 296 cm³/mol. The fraction of sp³-hybridized carbons (Fsp3) is 0.0725. The van der Waals surface area contributed by atoms with Crippen LogP contribution in [0.5, 0.6) is 0 Å². The third-order valence-corrected chi connectivity index (χ3v) is 14.5. The summed E-state index contributed by atoms with van der Waals surface area (Å²) in [6.07, 6.45) is 0. The van der Waals surface area contributed by atoms with E-state index in [0.29, 0.717) is 0 Å². The monoisotopic (exact) mass is 895 g/mol. The molecule has 0 atom stereocenters. The Morgan fingerprint density at radius 3 is 1.46 bits per heavy atom. The van der Waals surface area contributed by atoms with Crippen molar-refractivity contribution in [3.8, 4) is 55.6 Å². The first-order chi connectivity index (χ1) is 34.4. The van der Waals surface area contributed by atoms with Crippen LogP contribution in [0.4, 0.5) is 17.1 Å². The molecule has 0 amide bonds. The van der Waals surface area contributed by atoms with Crippen molar-refractivity contribution in [1.82, 2.24) is 0 Å². The molecule has 0 aromatic heterocycles. The van der Waals surface area contributed by atoms with Crippen LogP contribution < -0.4 is 4.90 Å². The molecule has 1 heteroatoms. The number of nitrogens with zero attached hydrogens (tertiary/aromatic N) is 1. The second-order valence-corrected chi connectivity index (χ2v) is 19.6. The molecule has 0 heterocycles. The Bertz CT molecular complexity index is 3620. The molecular weight excluding hydrogens is 843 g/mol. The van der Waals surface area contributed by atoms with Gasteiger partial charge in [0.1, 0.15) is 0 Å². The first-order valence-corrected chi connectivity index (χ1v) is 24.5.